The van der Waals surface area contributed by atoms with Crippen LogP contribution in [0.4, 0.5) is 10.5 Å². The number of carbonyl (C=O) groups excluding carboxylic acids is 2. The molecule has 1 aliphatic heterocycles. The highest BCUT2D eigenvalue weighted by Crippen LogP contribution is 2.32. The molecule has 2 aromatic rings. The molecule has 3 rings (SSSR count). The number of rotatable bonds is 3. The minimum atomic E-state index is -0.561. The van der Waals surface area contributed by atoms with Gasteiger partial charge in [-0.05, 0) is 39.3 Å². The van der Waals surface area contributed by atoms with Crippen molar-refractivity contribution < 1.29 is 23.8 Å². The van der Waals surface area contributed by atoms with Crippen molar-refractivity contribution in [1.82, 2.24) is 9.88 Å². The molecule has 0 radical (unpaired) electrons. The van der Waals surface area contributed by atoms with Gasteiger partial charge in [-0.1, -0.05) is 12.1 Å². The number of ether oxygens (including phenoxy) is 1. The summed E-state index contributed by atoms with van der Waals surface area (Å²) in [6, 6.07) is 4.97. The molecule has 27 heavy (non-hydrogen) atoms. The third kappa shape index (κ3) is 4.05. The SMILES string of the molecule is Cc1cccc(O)c1NC(=O)c1ncoc1C1CN(C(=O)OC(C)(C)C)C1. The number of aromatic hydroxyl groups is 1. The second kappa shape index (κ2) is 6.94. The minimum absolute atomic E-state index is 0.0202. The van der Waals surface area contributed by atoms with E-state index in [4.69, 9.17) is 9.15 Å². The van der Waals surface area contributed by atoms with Gasteiger partial charge in [-0.25, -0.2) is 9.78 Å². The molecule has 0 spiro atoms. The summed E-state index contributed by atoms with van der Waals surface area (Å²) in [5.41, 5.74) is 0.648. The Balaban J connectivity index is 1.67. The Morgan fingerprint density at radius 3 is 2.67 bits per heavy atom. The lowest BCUT2D eigenvalue weighted by atomic mass is 9.96. The molecular weight excluding hydrogens is 350 g/mol. The van der Waals surface area contributed by atoms with Gasteiger partial charge >= 0.3 is 6.09 Å². The molecule has 8 nitrogen and oxygen atoms in total. The second-order valence-electron chi connectivity index (χ2n) is 7.57. The molecule has 8 heteroatoms. The number of phenolic OH excluding ortho intramolecular Hbond substituents is 1. The first-order chi connectivity index (χ1) is 12.7. The van der Waals surface area contributed by atoms with Crippen LogP contribution >= 0.6 is 0 Å². The molecule has 0 atom stereocenters. The van der Waals surface area contributed by atoms with Crippen molar-refractivity contribution in [1.29, 1.82) is 0 Å². The van der Waals surface area contributed by atoms with Crippen LogP contribution in [0.2, 0.25) is 0 Å². The standard InChI is InChI=1S/C19H23N3O5/c1-11-6-5-7-13(23)14(11)21-17(24)15-16(26-10-20-15)12-8-22(9-12)18(25)27-19(2,3)4/h5-7,10,12,23H,8-9H2,1-4H3,(H,21,24). The van der Waals surface area contributed by atoms with Gasteiger partial charge in [0.15, 0.2) is 12.1 Å². The molecule has 2 N–H and O–H groups in total. The molecule has 1 aliphatic rings. The summed E-state index contributed by atoms with van der Waals surface area (Å²) >= 11 is 0. The molecule has 1 aromatic heterocycles. The highest BCUT2D eigenvalue weighted by Gasteiger charge is 2.39. The van der Waals surface area contributed by atoms with Crippen LogP contribution in [-0.4, -0.2) is 45.7 Å². The Bertz CT molecular complexity index is 842. The number of hydrogen-bond acceptors (Lipinski definition) is 6. The summed E-state index contributed by atoms with van der Waals surface area (Å²) < 4.78 is 10.7. The molecular formula is C19H23N3O5. The van der Waals surface area contributed by atoms with Crippen molar-refractivity contribution in [2.45, 2.75) is 39.2 Å². The molecule has 144 valence electrons. The number of nitrogens with one attached hydrogen (secondary N) is 1. The number of anilines is 1. The van der Waals surface area contributed by atoms with Gasteiger partial charge in [-0.2, -0.15) is 0 Å². The summed E-state index contributed by atoms with van der Waals surface area (Å²) in [6.45, 7) is 7.98. The lowest BCUT2D eigenvalue weighted by Crippen LogP contribution is -2.50. The molecule has 1 aromatic carbocycles. The molecule has 0 bridgehead atoms. The zero-order valence-corrected chi connectivity index (χ0v) is 15.8. The van der Waals surface area contributed by atoms with E-state index in [-0.39, 0.29) is 17.4 Å². The van der Waals surface area contributed by atoms with E-state index in [9.17, 15) is 14.7 Å². The van der Waals surface area contributed by atoms with Crippen molar-refractivity contribution in [3.8, 4) is 5.75 Å². The van der Waals surface area contributed by atoms with Crippen LogP contribution in [0.25, 0.3) is 0 Å². The summed E-state index contributed by atoms with van der Waals surface area (Å²) in [6.07, 6.45) is 0.812. The number of likely N-dealkylation sites (tertiary alicyclic amines) is 1. The van der Waals surface area contributed by atoms with Crippen LogP contribution in [0.5, 0.6) is 5.75 Å². The van der Waals surface area contributed by atoms with Crippen LogP contribution in [0, 0.1) is 6.92 Å². The second-order valence-corrected chi connectivity index (χ2v) is 7.57. The molecule has 1 fully saturated rings. The fraction of sp³-hybridized carbons (Fsp3) is 0.421. The first-order valence-corrected chi connectivity index (χ1v) is 8.67. The predicted octanol–water partition coefficient (Wildman–Crippen LogP) is 3.28. The smallest absolute Gasteiger partial charge is 0.410 e. The lowest BCUT2D eigenvalue weighted by molar-refractivity contribution is 0.00648. The van der Waals surface area contributed by atoms with Gasteiger partial charge in [0.25, 0.3) is 5.91 Å². The van der Waals surface area contributed by atoms with Gasteiger partial charge in [-0.15, -0.1) is 0 Å². The van der Waals surface area contributed by atoms with Gasteiger partial charge in [0.1, 0.15) is 17.1 Å². The maximum atomic E-state index is 12.6. The van der Waals surface area contributed by atoms with E-state index in [0.717, 1.165) is 5.56 Å². The monoisotopic (exact) mass is 373 g/mol. The number of oxazole rings is 1. The van der Waals surface area contributed by atoms with Crippen LogP contribution in [0.1, 0.15) is 48.5 Å². The maximum Gasteiger partial charge on any atom is 0.410 e. The van der Waals surface area contributed by atoms with E-state index in [1.165, 1.54) is 12.5 Å². The molecule has 2 heterocycles. The van der Waals surface area contributed by atoms with Gasteiger partial charge in [0.2, 0.25) is 0 Å². The average Bonchev–Trinajstić information content (AvgIpc) is 2.97. The van der Waals surface area contributed by atoms with Crippen molar-refractivity contribution in [3.05, 3.63) is 41.6 Å². The summed E-state index contributed by atoms with van der Waals surface area (Å²) in [5.74, 6) is -0.209. The zero-order valence-electron chi connectivity index (χ0n) is 15.8. The Kier molecular flexibility index (Phi) is 4.82. The van der Waals surface area contributed by atoms with Gasteiger partial charge in [0.05, 0.1) is 11.6 Å². The number of nitrogens with zero attached hydrogens (tertiary/aromatic N) is 2. The van der Waals surface area contributed by atoms with Crippen LogP contribution in [0.15, 0.2) is 29.0 Å². The van der Waals surface area contributed by atoms with E-state index < -0.39 is 17.6 Å². The van der Waals surface area contributed by atoms with Crippen molar-refractivity contribution in [3.63, 3.8) is 0 Å². The fourth-order valence-electron chi connectivity index (χ4n) is 2.82. The molecule has 2 amide bonds. The van der Waals surface area contributed by atoms with E-state index in [1.807, 2.05) is 20.8 Å². The molecule has 0 aliphatic carbocycles. The number of aryl methyl sites for hydroxylation is 1. The zero-order chi connectivity index (χ0) is 19.8. The van der Waals surface area contributed by atoms with Crippen molar-refractivity contribution in [2.75, 3.05) is 18.4 Å². The van der Waals surface area contributed by atoms with Gasteiger partial charge in [0, 0.05) is 13.1 Å². The van der Waals surface area contributed by atoms with E-state index in [0.29, 0.717) is 24.5 Å². The highest BCUT2D eigenvalue weighted by atomic mass is 16.6. The average molecular weight is 373 g/mol. The van der Waals surface area contributed by atoms with Crippen molar-refractivity contribution in [2.24, 2.45) is 0 Å². The molecule has 0 unspecified atom stereocenters. The highest BCUT2D eigenvalue weighted by molar-refractivity contribution is 6.04. The third-order valence-corrected chi connectivity index (χ3v) is 4.20. The summed E-state index contributed by atoms with van der Waals surface area (Å²) in [4.78, 5) is 30.2. The Labute approximate surface area is 157 Å². The summed E-state index contributed by atoms with van der Waals surface area (Å²) in [5, 5.41) is 12.6. The molecule has 1 saturated heterocycles. The number of phenols is 1. The van der Waals surface area contributed by atoms with E-state index >= 15 is 0 Å². The first kappa shape index (κ1) is 18.8. The van der Waals surface area contributed by atoms with Crippen LogP contribution < -0.4 is 5.32 Å². The predicted molar refractivity (Wildman–Crippen MR) is 97.8 cm³/mol. The number of amides is 2. The van der Waals surface area contributed by atoms with Gasteiger partial charge in [-0.3, -0.25) is 4.79 Å². The first-order valence-electron chi connectivity index (χ1n) is 8.67. The quantitative estimate of drug-likeness (QED) is 0.800. The van der Waals surface area contributed by atoms with Crippen molar-refractivity contribution >= 4 is 17.7 Å². The fourth-order valence-corrected chi connectivity index (χ4v) is 2.82. The largest absolute Gasteiger partial charge is 0.506 e. The lowest BCUT2D eigenvalue weighted by Gasteiger charge is -2.38. The van der Waals surface area contributed by atoms with E-state index in [1.54, 1.807) is 24.0 Å². The topological polar surface area (TPSA) is 105 Å². The number of aromatic nitrogens is 1. The van der Waals surface area contributed by atoms with Gasteiger partial charge < -0.3 is 24.5 Å². The van der Waals surface area contributed by atoms with E-state index in [2.05, 4.69) is 10.3 Å². The minimum Gasteiger partial charge on any atom is -0.506 e. The Morgan fingerprint density at radius 2 is 2.04 bits per heavy atom. The molecule has 0 saturated carbocycles. The number of para-hydroxylation sites is 1. The van der Waals surface area contributed by atoms with Crippen LogP contribution in [-0.2, 0) is 4.74 Å². The number of hydrogen-bond donors (Lipinski definition) is 2. The maximum absolute atomic E-state index is 12.6. The number of benzene rings is 1. The Hall–Kier alpha value is -3.03. The Morgan fingerprint density at radius 1 is 1.33 bits per heavy atom. The van der Waals surface area contributed by atoms with Crippen LogP contribution in [0.3, 0.4) is 0 Å². The summed E-state index contributed by atoms with van der Waals surface area (Å²) in [7, 11) is 0. The number of carbonyl (C=O) groups is 2. The third-order valence-electron chi connectivity index (χ3n) is 4.20. The normalized spacial score (nSPS) is 14.6.